The standard InChI is InChI=1S/C18H20N8O2/c27-17(14-8-20-15(24-18(14)28)9-26-11-19-10-23-26)21-6-13-7-22-25-16(13)12-4-2-1-3-5-12/h1-5,8,10-11,13,16,22,25H,6-7,9H2,(H,21,27)(H,20,24,28). The lowest BCUT2D eigenvalue weighted by Gasteiger charge is -2.19. The van der Waals surface area contributed by atoms with Crippen LogP contribution in [0.2, 0.25) is 0 Å². The number of hydrazine groups is 1. The molecular weight excluding hydrogens is 360 g/mol. The molecule has 3 heterocycles. The maximum Gasteiger partial charge on any atom is 0.263 e. The Kier molecular flexibility index (Phi) is 5.22. The van der Waals surface area contributed by atoms with Gasteiger partial charge in [0.05, 0.1) is 6.04 Å². The Morgan fingerprint density at radius 2 is 2.14 bits per heavy atom. The van der Waals surface area contributed by atoms with E-state index in [1.54, 1.807) is 0 Å². The Labute approximate surface area is 160 Å². The molecule has 4 rings (SSSR count). The number of hydrogen-bond acceptors (Lipinski definition) is 7. The van der Waals surface area contributed by atoms with Crippen LogP contribution < -0.4 is 21.7 Å². The number of carbonyl (C=O) groups is 1. The molecule has 2 aromatic heterocycles. The van der Waals surface area contributed by atoms with Gasteiger partial charge in [-0.05, 0) is 5.56 Å². The van der Waals surface area contributed by atoms with E-state index in [1.165, 1.54) is 23.5 Å². The van der Waals surface area contributed by atoms with Gasteiger partial charge in [-0.15, -0.1) is 0 Å². The second-order valence-electron chi connectivity index (χ2n) is 6.55. The van der Waals surface area contributed by atoms with Gasteiger partial charge in [-0.25, -0.2) is 20.1 Å². The van der Waals surface area contributed by atoms with Crippen molar-refractivity contribution in [3.05, 3.63) is 76.5 Å². The molecule has 1 fully saturated rings. The van der Waals surface area contributed by atoms with E-state index in [-0.39, 0.29) is 24.1 Å². The van der Waals surface area contributed by atoms with Gasteiger partial charge in [0.1, 0.15) is 30.6 Å². The molecule has 0 radical (unpaired) electrons. The van der Waals surface area contributed by atoms with Crippen LogP contribution in [0.25, 0.3) is 0 Å². The van der Waals surface area contributed by atoms with E-state index in [1.807, 2.05) is 30.3 Å². The zero-order chi connectivity index (χ0) is 19.3. The molecule has 1 aliphatic heterocycles. The minimum atomic E-state index is -0.482. The van der Waals surface area contributed by atoms with Gasteiger partial charge < -0.3 is 10.3 Å². The van der Waals surface area contributed by atoms with E-state index in [9.17, 15) is 9.59 Å². The van der Waals surface area contributed by atoms with Gasteiger partial charge in [-0.1, -0.05) is 30.3 Å². The maximum atomic E-state index is 12.5. The molecule has 2 atom stereocenters. The number of nitrogens with one attached hydrogen (secondary N) is 4. The summed E-state index contributed by atoms with van der Waals surface area (Å²) in [4.78, 5) is 35.3. The largest absolute Gasteiger partial charge is 0.351 e. The predicted molar refractivity (Wildman–Crippen MR) is 100 cm³/mol. The summed E-state index contributed by atoms with van der Waals surface area (Å²) in [7, 11) is 0. The Morgan fingerprint density at radius 3 is 2.89 bits per heavy atom. The highest BCUT2D eigenvalue weighted by molar-refractivity contribution is 5.93. The quantitative estimate of drug-likeness (QED) is 0.458. The Morgan fingerprint density at radius 1 is 1.29 bits per heavy atom. The van der Waals surface area contributed by atoms with E-state index in [2.05, 4.69) is 36.2 Å². The highest BCUT2D eigenvalue weighted by Crippen LogP contribution is 2.23. The molecule has 0 saturated carbocycles. The van der Waals surface area contributed by atoms with Crippen LogP contribution in [0.15, 0.2) is 54.0 Å². The average Bonchev–Trinajstić information content (AvgIpc) is 3.39. The van der Waals surface area contributed by atoms with Crippen molar-refractivity contribution in [1.29, 1.82) is 0 Å². The molecule has 0 bridgehead atoms. The lowest BCUT2D eigenvalue weighted by molar-refractivity contribution is 0.0945. The fraction of sp³-hybridized carbons (Fsp3) is 0.278. The van der Waals surface area contributed by atoms with Crippen molar-refractivity contribution < 1.29 is 4.79 Å². The molecule has 2 unspecified atom stereocenters. The first kappa shape index (κ1) is 18.0. The smallest absolute Gasteiger partial charge is 0.263 e. The summed E-state index contributed by atoms with van der Waals surface area (Å²) < 4.78 is 1.53. The number of hydrogen-bond donors (Lipinski definition) is 4. The second kappa shape index (κ2) is 8.11. The lowest BCUT2D eigenvalue weighted by atomic mass is 9.95. The summed E-state index contributed by atoms with van der Waals surface area (Å²) in [6.07, 6.45) is 4.21. The summed E-state index contributed by atoms with van der Waals surface area (Å²) >= 11 is 0. The number of carbonyl (C=O) groups excluding carboxylic acids is 1. The first-order chi connectivity index (χ1) is 13.7. The van der Waals surface area contributed by atoms with Crippen LogP contribution in [0.5, 0.6) is 0 Å². The van der Waals surface area contributed by atoms with Crippen LogP contribution in [0.1, 0.15) is 27.8 Å². The Balaban J connectivity index is 1.39. The van der Waals surface area contributed by atoms with Gasteiger partial charge in [0, 0.05) is 25.2 Å². The third-order valence-electron chi connectivity index (χ3n) is 4.65. The molecular formula is C18H20N8O2. The molecule has 1 aliphatic rings. The van der Waals surface area contributed by atoms with Gasteiger partial charge in [-0.2, -0.15) is 5.10 Å². The van der Waals surface area contributed by atoms with E-state index in [0.29, 0.717) is 18.9 Å². The van der Waals surface area contributed by atoms with Crippen molar-refractivity contribution >= 4 is 5.91 Å². The van der Waals surface area contributed by atoms with E-state index in [0.717, 1.165) is 5.56 Å². The highest BCUT2D eigenvalue weighted by atomic mass is 16.2. The van der Waals surface area contributed by atoms with E-state index in [4.69, 9.17) is 0 Å². The molecule has 3 aromatic rings. The first-order valence-corrected chi connectivity index (χ1v) is 8.93. The van der Waals surface area contributed by atoms with Crippen LogP contribution in [0.3, 0.4) is 0 Å². The molecule has 10 heteroatoms. The van der Waals surface area contributed by atoms with Crippen LogP contribution >= 0.6 is 0 Å². The second-order valence-corrected chi connectivity index (χ2v) is 6.55. The van der Waals surface area contributed by atoms with Gasteiger partial charge in [-0.3, -0.25) is 15.0 Å². The average molecular weight is 380 g/mol. The Hall–Kier alpha value is -3.37. The summed E-state index contributed by atoms with van der Waals surface area (Å²) in [5, 5.41) is 6.80. The fourth-order valence-electron chi connectivity index (χ4n) is 3.20. The summed E-state index contributed by atoms with van der Waals surface area (Å²) in [6, 6.07) is 10.1. The van der Waals surface area contributed by atoms with Gasteiger partial charge in [0.25, 0.3) is 11.5 Å². The summed E-state index contributed by atoms with van der Waals surface area (Å²) in [6.45, 7) is 1.42. The molecule has 144 valence electrons. The van der Waals surface area contributed by atoms with Crippen molar-refractivity contribution in [2.45, 2.75) is 12.6 Å². The highest BCUT2D eigenvalue weighted by Gasteiger charge is 2.28. The summed E-state index contributed by atoms with van der Waals surface area (Å²) in [5.41, 5.74) is 7.01. The SMILES string of the molecule is O=C(NCC1CNNC1c1ccccc1)c1cnc(Cn2cncn2)[nH]c1=O. The normalized spacial score (nSPS) is 18.9. The van der Waals surface area contributed by atoms with Crippen LogP contribution in [0.4, 0.5) is 0 Å². The number of nitrogens with zero attached hydrogens (tertiary/aromatic N) is 4. The molecule has 0 spiro atoms. The van der Waals surface area contributed by atoms with Crippen LogP contribution in [0, 0.1) is 5.92 Å². The molecule has 1 saturated heterocycles. The van der Waals surface area contributed by atoms with Crippen molar-refractivity contribution in [3.63, 3.8) is 0 Å². The predicted octanol–water partition coefficient (Wildman–Crippen LogP) is -0.395. The first-order valence-electron chi connectivity index (χ1n) is 8.93. The third kappa shape index (κ3) is 3.97. The molecule has 1 amide bonds. The molecule has 1 aromatic carbocycles. The van der Waals surface area contributed by atoms with Gasteiger partial charge >= 0.3 is 0 Å². The van der Waals surface area contributed by atoms with Crippen molar-refractivity contribution in [1.82, 2.24) is 40.9 Å². The minimum Gasteiger partial charge on any atom is -0.351 e. The van der Waals surface area contributed by atoms with Gasteiger partial charge in [0.2, 0.25) is 0 Å². The van der Waals surface area contributed by atoms with E-state index < -0.39 is 11.5 Å². The zero-order valence-corrected chi connectivity index (χ0v) is 15.0. The number of aromatic nitrogens is 5. The lowest BCUT2D eigenvalue weighted by Crippen LogP contribution is -2.36. The maximum absolute atomic E-state index is 12.5. The van der Waals surface area contributed by atoms with Crippen molar-refractivity contribution in [2.24, 2.45) is 5.92 Å². The molecule has 0 aliphatic carbocycles. The molecule has 28 heavy (non-hydrogen) atoms. The fourth-order valence-corrected chi connectivity index (χ4v) is 3.20. The van der Waals surface area contributed by atoms with E-state index >= 15 is 0 Å². The molecule has 10 nitrogen and oxygen atoms in total. The van der Waals surface area contributed by atoms with Crippen LogP contribution in [-0.4, -0.2) is 43.7 Å². The summed E-state index contributed by atoms with van der Waals surface area (Å²) in [5.74, 6) is 0.116. The van der Waals surface area contributed by atoms with Gasteiger partial charge in [0.15, 0.2) is 0 Å². The van der Waals surface area contributed by atoms with Crippen molar-refractivity contribution in [3.8, 4) is 0 Å². The monoisotopic (exact) mass is 380 g/mol. The number of aromatic amines is 1. The number of benzene rings is 1. The number of rotatable bonds is 6. The van der Waals surface area contributed by atoms with Crippen molar-refractivity contribution in [2.75, 3.05) is 13.1 Å². The number of amides is 1. The third-order valence-corrected chi connectivity index (χ3v) is 4.65. The number of H-pyrrole nitrogens is 1. The molecule has 4 N–H and O–H groups in total. The zero-order valence-electron chi connectivity index (χ0n) is 15.0. The minimum absolute atomic E-state index is 0.0162. The topological polar surface area (TPSA) is 130 Å². The van der Waals surface area contributed by atoms with Crippen LogP contribution in [-0.2, 0) is 6.54 Å². The Bertz CT molecular complexity index is 986.